The van der Waals surface area contributed by atoms with Crippen LogP contribution in [0.5, 0.6) is 0 Å². The molecule has 1 N–H and O–H groups in total. The molecule has 0 bridgehead atoms. The number of carbonyl (C=O) groups is 2. The third-order valence-corrected chi connectivity index (χ3v) is 8.34. The first kappa shape index (κ1) is 31.9. The Kier molecular flexibility index (Phi) is 11.5. The largest absolute Gasteiger partial charge is 0.352 e. The van der Waals surface area contributed by atoms with Crippen LogP contribution in [-0.2, 0) is 32.6 Å². The lowest BCUT2D eigenvalue weighted by Gasteiger charge is -2.33. The predicted octanol–water partition coefficient (Wildman–Crippen LogP) is 5.40. The Morgan fingerprint density at radius 3 is 2.12 bits per heavy atom. The second kappa shape index (κ2) is 14.8. The summed E-state index contributed by atoms with van der Waals surface area (Å²) in [4.78, 5) is 29.2. The van der Waals surface area contributed by atoms with Gasteiger partial charge < -0.3 is 10.2 Å². The van der Waals surface area contributed by atoms with E-state index in [4.69, 9.17) is 0 Å². The van der Waals surface area contributed by atoms with E-state index in [0.29, 0.717) is 18.5 Å². The van der Waals surface area contributed by atoms with Crippen molar-refractivity contribution in [2.45, 2.75) is 72.0 Å². The molecule has 0 fully saturated rings. The number of hydrogen-bond acceptors (Lipinski definition) is 4. The minimum Gasteiger partial charge on any atom is -0.352 e. The summed E-state index contributed by atoms with van der Waals surface area (Å²) in [5.41, 5.74) is 4.49. The second-order valence-corrected chi connectivity index (χ2v) is 12.7. The lowest BCUT2D eigenvalue weighted by Crippen LogP contribution is -2.52. The van der Waals surface area contributed by atoms with Crippen LogP contribution in [0.3, 0.4) is 0 Å². The van der Waals surface area contributed by atoms with Gasteiger partial charge in [-0.3, -0.25) is 13.9 Å². The van der Waals surface area contributed by atoms with Crippen molar-refractivity contribution >= 4 is 27.5 Å². The van der Waals surface area contributed by atoms with Crippen molar-refractivity contribution in [1.29, 1.82) is 0 Å². The topological polar surface area (TPSA) is 86.8 Å². The molecule has 0 aliphatic heterocycles. The Labute approximate surface area is 245 Å². The highest BCUT2D eigenvalue weighted by atomic mass is 32.2. The van der Waals surface area contributed by atoms with Gasteiger partial charge in [0, 0.05) is 32.0 Å². The van der Waals surface area contributed by atoms with Crippen LogP contribution < -0.4 is 9.62 Å². The average Bonchev–Trinajstić information content (AvgIpc) is 2.92. The fraction of sp³-hybridized carbons (Fsp3) is 0.394. The molecule has 3 aromatic carbocycles. The van der Waals surface area contributed by atoms with Crippen LogP contribution in [0.25, 0.3) is 0 Å². The number of benzene rings is 3. The highest BCUT2D eigenvalue weighted by Crippen LogP contribution is 2.21. The minimum absolute atomic E-state index is 0.0330. The molecule has 7 nitrogen and oxygen atoms in total. The van der Waals surface area contributed by atoms with Crippen molar-refractivity contribution in [1.82, 2.24) is 10.2 Å². The van der Waals surface area contributed by atoms with Gasteiger partial charge in [-0.05, 0) is 62.4 Å². The number of sulfonamides is 1. The number of rotatable bonds is 14. The van der Waals surface area contributed by atoms with Gasteiger partial charge in [-0.15, -0.1) is 0 Å². The van der Waals surface area contributed by atoms with Gasteiger partial charge in [0.25, 0.3) is 0 Å². The summed E-state index contributed by atoms with van der Waals surface area (Å²) in [5.74, 6) is -0.383. The highest BCUT2D eigenvalue weighted by Gasteiger charge is 2.31. The van der Waals surface area contributed by atoms with Crippen LogP contribution in [0.15, 0.2) is 78.9 Å². The maximum absolute atomic E-state index is 13.9. The molecule has 0 saturated heterocycles. The van der Waals surface area contributed by atoms with Crippen LogP contribution in [0.2, 0.25) is 0 Å². The van der Waals surface area contributed by atoms with Crippen LogP contribution in [-0.4, -0.2) is 50.0 Å². The molecule has 0 unspecified atom stereocenters. The molecule has 0 aromatic heterocycles. The zero-order valence-electron chi connectivity index (χ0n) is 24.8. The van der Waals surface area contributed by atoms with Crippen LogP contribution in [0.4, 0.5) is 5.69 Å². The molecular weight excluding hydrogens is 534 g/mol. The molecule has 0 heterocycles. The third kappa shape index (κ3) is 9.74. The van der Waals surface area contributed by atoms with Crippen LogP contribution in [0.1, 0.15) is 55.4 Å². The van der Waals surface area contributed by atoms with E-state index in [-0.39, 0.29) is 37.4 Å². The normalized spacial score (nSPS) is 12.8. The molecule has 220 valence electrons. The van der Waals surface area contributed by atoms with E-state index in [9.17, 15) is 18.0 Å². The maximum atomic E-state index is 13.9. The fourth-order valence-electron chi connectivity index (χ4n) is 4.79. The van der Waals surface area contributed by atoms with E-state index in [1.807, 2.05) is 100 Å². The average molecular weight is 578 g/mol. The van der Waals surface area contributed by atoms with E-state index in [2.05, 4.69) is 5.32 Å². The summed E-state index contributed by atoms with van der Waals surface area (Å²) < 4.78 is 26.6. The first-order valence-corrected chi connectivity index (χ1v) is 16.1. The summed E-state index contributed by atoms with van der Waals surface area (Å²) in [6.07, 6.45) is 2.74. The number of nitrogens with zero attached hydrogens (tertiary/aromatic N) is 2. The molecule has 0 aliphatic rings. The number of anilines is 1. The molecule has 3 rings (SSSR count). The van der Waals surface area contributed by atoms with Gasteiger partial charge >= 0.3 is 0 Å². The predicted molar refractivity (Wildman–Crippen MR) is 166 cm³/mol. The summed E-state index contributed by atoms with van der Waals surface area (Å²) in [6, 6.07) is 24.2. The lowest BCUT2D eigenvalue weighted by atomic mass is 10.0. The lowest BCUT2D eigenvalue weighted by molar-refractivity contribution is -0.141. The van der Waals surface area contributed by atoms with E-state index in [1.165, 1.54) is 10.6 Å². The van der Waals surface area contributed by atoms with Gasteiger partial charge in [0.2, 0.25) is 21.8 Å². The standard InChI is InChI=1S/C33H43N3O4S/c1-6-27(4)34-33(38)31(23-28-15-8-7-9-16-28)35(24-29-17-10-13-25(2)21-29)32(37)19-12-20-36(41(5,39)40)30-18-11-14-26(3)22-30/h7-11,13-18,21-22,27,31H,6,12,19-20,23-24H2,1-5H3,(H,34,38)/t27-,31+/m1/s1. The molecule has 0 saturated carbocycles. The smallest absolute Gasteiger partial charge is 0.243 e. The number of aryl methyl sites for hydroxylation is 2. The Balaban J connectivity index is 1.89. The first-order chi connectivity index (χ1) is 19.5. The molecule has 3 aromatic rings. The van der Waals surface area contributed by atoms with E-state index in [0.717, 1.165) is 28.7 Å². The van der Waals surface area contributed by atoms with Crippen molar-refractivity contribution in [3.63, 3.8) is 0 Å². The quantitative estimate of drug-likeness (QED) is 0.278. The molecule has 2 amide bonds. The van der Waals surface area contributed by atoms with E-state index in [1.54, 1.807) is 11.0 Å². The van der Waals surface area contributed by atoms with Crippen molar-refractivity contribution in [3.05, 3.63) is 101 Å². The van der Waals surface area contributed by atoms with E-state index < -0.39 is 16.1 Å². The molecule has 8 heteroatoms. The zero-order valence-corrected chi connectivity index (χ0v) is 25.7. The Bertz CT molecular complexity index is 1410. The Morgan fingerprint density at radius 1 is 0.878 bits per heavy atom. The molecule has 2 atom stereocenters. The van der Waals surface area contributed by atoms with Gasteiger partial charge in [-0.1, -0.05) is 79.2 Å². The van der Waals surface area contributed by atoms with Gasteiger partial charge in [-0.2, -0.15) is 0 Å². The summed E-state index contributed by atoms with van der Waals surface area (Å²) >= 11 is 0. The summed E-state index contributed by atoms with van der Waals surface area (Å²) in [6.45, 7) is 8.31. The first-order valence-electron chi connectivity index (χ1n) is 14.2. The summed E-state index contributed by atoms with van der Waals surface area (Å²) in [7, 11) is -3.55. The Morgan fingerprint density at radius 2 is 1.51 bits per heavy atom. The van der Waals surface area contributed by atoms with Crippen LogP contribution >= 0.6 is 0 Å². The number of carbonyl (C=O) groups excluding carboxylic acids is 2. The van der Waals surface area contributed by atoms with Gasteiger partial charge in [-0.25, -0.2) is 8.42 Å². The van der Waals surface area contributed by atoms with Crippen LogP contribution in [0, 0.1) is 13.8 Å². The number of hydrogen-bond donors (Lipinski definition) is 1. The molecule has 0 radical (unpaired) electrons. The minimum atomic E-state index is -3.55. The zero-order chi connectivity index (χ0) is 30.0. The summed E-state index contributed by atoms with van der Waals surface area (Å²) in [5, 5.41) is 3.08. The fourth-order valence-corrected chi connectivity index (χ4v) is 5.75. The molecular formula is C33H43N3O4S. The number of nitrogens with one attached hydrogen (secondary N) is 1. The van der Waals surface area contributed by atoms with Crippen molar-refractivity contribution < 1.29 is 18.0 Å². The van der Waals surface area contributed by atoms with Gasteiger partial charge in [0.15, 0.2) is 0 Å². The Hall–Kier alpha value is -3.65. The molecule has 41 heavy (non-hydrogen) atoms. The second-order valence-electron chi connectivity index (χ2n) is 10.8. The monoisotopic (exact) mass is 577 g/mol. The highest BCUT2D eigenvalue weighted by molar-refractivity contribution is 7.92. The van der Waals surface area contributed by atoms with Gasteiger partial charge in [0.1, 0.15) is 6.04 Å². The number of amides is 2. The van der Waals surface area contributed by atoms with Crippen molar-refractivity contribution in [2.24, 2.45) is 0 Å². The van der Waals surface area contributed by atoms with Crippen molar-refractivity contribution in [2.75, 3.05) is 17.1 Å². The SMILES string of the molecule is CC[C@@H](C)NC(=O)[C@H](Cc1ccccc1)N(Cc1cccc(C)c1)C(=O)CCCN(c1cccc(C)c1)S(C)(=O)=O. The molecule has 0 aliphatic carbocycles. The molecule has 0 spiro atoms. The van der Waals surface area contributed by atoms with Crippen molar-refractivity contribution in [3.8, 4) is 0 Å². The third-order valence-electron chi connectivity index (χ3n) is 7.15. The van der Waals surface area contributed by atoms with Gasteiger partial charge in [0.05, 0.1) is 11.9 Å². The maximum Gasteiger partial charge on any atom is 0.243 e. The van der Waals surface area contributed by atoms with E-state index >= 15 is 0 Å².